The van der Waals surface area contributed by atoms with Gasteiger partial charge in [-0.3, -0.25) is 0 Å². The third kappa shape index (κ3) is 3.82. The Hall–Kier alpha value is -1.87. The second-order valence-electron chi connectivity index (χ2n) is 5.15. The molecule has 0 amide bonds. The molecule has 0 aliphatic heterocycles. The van der Waals surface area contributed by atoms with E-state index in [0.717, 1.165) is 17.9 Å². The summed E-state index contributed by atoms with van der Waals surface area (Å²) in [5, 5.41) is 3.36. The molecule has 0 saturated carbocycles. The number of likely N-dealkylation sites (N-methyl/N-ethyl adjacent to an activating group) is 1. The molecule has 21 heavy (non-hydrogen) atoms. The number of aryl methyl sites for hydroxylation is 1. The van der Waals surface area contributed by atoms with Crippen LogP contribution in [0.15, 0.2) is 42.5 Å². The van der Waals surface area contributed by atoms with Gasteiger partial charge in [-0.25, -0.2) is 4.39 Å². The minimum atomic E-state index is -0.171. The Morgan fingerprint density at radius 3 is 2.62 bits per heavy atom. The van der Waals surface area contributed by atoms with Gasteiger partial charge in [-0.05, 0) is 37.6 Å². The summed E-state index contributed by atoms with van der Waals surface area (Å²) < 4.78 is 19.5. The van der Waals surface area contributed by atoms with E-state index in [-0.39, 0.29) is 11.9 Å². The lowest BCUT2D eigenvalue weighted by atomic mass is 9.96. The molecule has 2 aromatic carbocycles. The van der Waals surface area contributed by atoms with Crippen LogP contribution in [0.4, 0.5) is 4.39 Å². The first-order valence-corrected chi connectivity index (χ1v) is 7.27. The number of hydrogen-bond acceptors (Lipinski definition) is 2. The molecule has 2 aromatic rings. The van der Waals surface area contributed by atoms with Crippen molar-refractivity contribution in [1.82, 2.24) is 5.32 Å². The number of nitrogens with one attached hydrogen (secondary N) is 1. The molecule has 0 saturated heterocycles. The Morgan fingerprint density at radius 2 is 1.95 bits per heavy atom. The van der Waals surface area contributed by atoms with Crippen molar-refractivity contribution in [3.63, 3.8) is 0 Å². The van der Waals surface area contributed by atoms with E-state index in [0.29, 0.717) is 12.0 Å². The Kier molecular flexibility index (Phi) is 5.34. The number of methoxy groups -OCH3 is 1. The van der Waals surface area contributed by atoms with Gasteiger partial charge in [0, 0.05) is 11.6 Å². The molecule has 0 aliphatic carbocycles. The van der Waals surface area contributed by atoms with Crippen LogP contribution in [0.5, 0.6) is 5.75 Å². The van der Waals surface area contributed by atoms with Crippen molar-refractivity contribution < 1.29 is 9.13 Å². The molecule has 0 radical (unpaired) electrons. The third-order valence-electron chi connectivity index (χ3n) is 3.59. The van der Waals surface area contributed by atoms with Crippen molar-refractivity contribution in [2.75, 3.05) is 13.7 Å². The summed E-state index contributed by atoms with van der Waals surface area (Å²) >= 11 is 0. The Morgan fingerprint density at radius 1 is 1.19 bits per heavy atom. The van der Waals surface area contributed by atoms with Crippen molar-refractivity contribution in [2.24, 2.45) is 0 Å². The van der Waals surface area contributed by atoms with E-state index in [1.807, 2.05) is 38.1 Å². The number of hydrogen-bond donors (Lipinski definition) is 1. The SMILES string of the molecule is CCNC(Cc1cc(C)ccc1OC)c1ccccc1F. The first-order chi connectivity index (χ1) is 10.2. The number of ether oxygens (including phenoxy) is 1. The fourth-order valence-electron chi connectivity index (χ4n) is 2.58. The molecule has 0 aliphatic rings. The number of rotatable bonds is 6. The zero-order valence-electron chi connectivity index (χ0n) is 12.8. The second kappa shape index (κ2) is 7.23. The van der Waals surface area contributed by atoms with Crippen LogP contribution < -0.4 is 10.1 Å². The topological polar surface area (TPSA) is 21.3 Å². The summed E-state index contributed by atoms with van der Waals surface area (Å²) in [4.78, 5) is 0. The molecular weight excluding hydrogens is 265 g/mol. The molecule has 0 heterocycles. The fourth-order valence-corrected chi connectivity index (χ4v) is 2.58. The molecule has 0 fully saturated rings. The van der Waals surface area contributed by atoms with Crippen LogP contribution in [0.2, 0.25) is 0 Å². The van der Waals surface area contributed by atoms with Crippen LogP contribution in [0.3, 0.4) is 0 Å². The maximum absolute atomic E-state index is 14.1. The largest absolute Gasteiger partial charge is 0.496 e. The molecule has 0 spiro atoms. The fraction of sp³-hybridized carbons (Fsp3) is 0.333. The first kappa shape index (κ1) is 15.5. The molecule has 3 heteroatoms. The summed E-state index contributed by atoms with van der Waals surface area (Å²) in [6.07, 6.45) is 0.694. The predicted molar refractivity (Wildman–Crippen MR) is 84.3 cm³/mol. The van der Waals surface area contributed by atoms with Gasteiger partial charge in [0.05, 0.1) is 7.11 Å². The minimum absolute atomic E-state index is 0.0631. The monoisotopic (exact) mass is 287 g/mol. The van der Waals surface area contributed by atoms with E-state index in [1.54, 1.807) is 13.2 Å². The van der Waals surface area contributed by atoms with E-state index in [2.05, 4.69) is 11.4 Å². The highest BCUT2D eigenvalue weighted by Gasteiger charge is 2.17. The van der Waals surface area contributed by atoms with E-state index in [9.17, 15) is 4.39 Å². The van der Waals surface area contributed by atoms with Gasteiger partial charge >= 0.3 is 0 Å². The molecule has 2 nitrogen and oxygen atoms in total. The van der Waals surface area contributed by atoms with Gasteiger partial charge in [-0.2, -0.15) is 0 Å². The van der Waals surface area contributed by atoms with Crippen LogP contribution in [-0.4, -0.2) is 13.7 Å². The zero-order chi connectivity index (χ0) is 15.2. The molecule has 0 aromatic heterocycles. The molecule has 1 unspecified atom stereocenters. The summed E-state index contributed by atoms with van der Waals surface area (Å²) in [6, 6.07) is 13.0. The van der Waals surface area contributed by atoms with E-state index >= 15 is 0 Å². The number of halogens is 1. The average Bonchev–Trinajstić information content (AvgIpc) is 2.48. The van der Waals surface area contributed by atoms with Gasteiger partial charge in [0.2, 0.25) is 0 Å². The second-order valence-corrected chi connectivity index (χ2v) is 5.15. The Balaban J connectivity index is 2.33. The van der Waals surface area contributed by atoms with E-state index in [4.69, 9.17) is 4.74 Å². The lowest BCUT2D eigenvalue weighted by molar-refractivity contribution is 0.404. The first-order valence-electron chi connectivity index (χ1n) is 7.27. The van der Waals surface area contributed by atoms with E-state index < -0.39 is 0 Å². The summed E-state index contributed by atoms with van der Waals surface area (Å²) in [7, 11) is 1.67. The summed E-state index contributed by atoms with van der Waals surface area (Å²) in [6.45, 7) is 4.86. The highest BCUT2D eigenvalue weighted by molar-refractivity contribution is 5.38. The summed E-state index contributed by atoms with van der Waals surface area (Å²) in [5.41, 5.74) is 2.96. The molecule has 1 atom stereocenters. The van der Waals surface area contributed by atoms with Crippen LogP contribution in [0.25, 0.3) is 0 Å². The Bertz CT molecular complexity index is 598. The van der Waals surface area contributed by atoms with Crippen LogP contribution in [-0.2, 0) is 6.42 Å². The predicted octanol–water partition coefficient (Wildman–Crippen LogP) is 4.04. The highest BCUT2D eigenvalue weighted by Crippen LogP contribution is 2.27. The average molecular weight is 287 g/mol. The van der Waals surface area contributed by atoms with Gasteiger partial charge in [-0.15, -0.1) is 0 Å². The molecular formula is C18H22FNO. The smallest absolute Gasteiger partial charge is 0.127 e. The van der Waals surface area contributed by atoms with E-state index in [1.165, 1.54) is 11.6 Å². The lowest BCUT2D eigenvalue weighted by Gasteiger charge is -2.20. The molecule has 112 valence electrons. The Labute approximate surface area is 126 Å². The van der Waals surface area contributed by atoms with Gasteiger partial charge in [-0.1, -0.05) is 42.8 Å². The highest BCUT2D eigenvalue weighted by atomic mass is 19.1. The molecule has 0 bridgehead atoms. The standard InChI is InChI=1S/C18H22FNO/c1-4-20-17(15-7-5-6-8-16(15)19)12-14-11-13(2)9-10-18(14)21-3/h5-11,17,20H,4,12H2,1-3H3. The van der Waals surface area contributed by atoms with Crippen LogP contribution in [0.1, 0.15) is 29.7 Å². The van der Waals surface area contributed by atoms with Crippen LogP contribution in [0, 0.1) is 12.7 Å². The van der Waals surface area contributed by atoms with Gasteiger partial charge in [0.25, 0.3) is 0 Å². The van der Waals surface area contributed by atoms with Gasteiger partial charge in [0.15, 0.2) is 0 Å². The molecule has 1 N–H and O–H groups in total. The van der Waals surface area contributed by atoms with Crippen molar-refractivity contribution in [3.05, 3.63) is 65.0 Å². The minimum Gasteiger partial charge on any atom is -0.496 e. The van der Waals surface area contributed by atoms with Crippen molar-refractivity contribution >= 4 is 0 Å². The third-order valence-corrected chi connectivity index (χ3v) is 3.59. The van der Waals surface area contributed by atoms with Crippen molar-refractivity contribution in [1.29, 1.82) is 0 Å². The maximum atomic E-state index is 14.1. The normalized spacial score (nSPS) is 12.2. The van der Waals surface area contributed by atoms with Gasteiger partial charge < -0.3 is 10.1 Å². The van der Waals surface area contributed by atoms with Crippen LogP contribution >= 0.6 is 0 Å². The maximum Gasteiger partial charge on any atom is 0.127 e. The summed E-state index contributed by atoms with van der Waals surface area (Å²) in [5.74, 6) is 0.676. The lowest BCUT2D eigenvalue weighted by Crippen LogP contribution is -2.24. The van der Waals surface area contributed by atoms with Crippen molar-refractivity contribution in [3.8, 4) is 5.75 Å². The van der Waals surface area contributed by atoms with Gasteiger partial charge in [0.1, 0.15) is 11.6 Å². The zero-order valence-corrected chi connectivity index (χ0v) is 12.8. The number of benzene rings is 2. The molecule has 2 rings (SSSR count). The quantitative estimate of drug-likeness (QED) is 0.866. The van der Waals surface area contributed by atoms with Crippen molar-refractivity contribution in [2.45, 2.75) is 26.3 Å².